The van der Waals surface area contributed by atoms with Crippen LogP contribution in [0.4, 0.5) is 0 Å². The number of aromatic nitrogens is 4. The Hall–Kier alpha value is -3.47. The first-order valence-corrected chi connectivity index (χ1v) is 8.21. The van der Waals surface area contributed by atoms with Gasteiger partial charge in [-0.1, -0.05) is 18.2 Å². The standard InChI is InChI=1S/C20H13N4O/c1-2-4-14(5-3-1)24-19-15-6-8-21-10-13(15)12-23(19)18-16-7-9-22-11-17(16)25-20(18)24/h1-11H,12H2/q+1. The molecule has 0 N–H and O–H groups in total. The lowest BCUT2D eigenvalue weighted by molar-refractivity contribution is -0.645. The molecule has 0 amide bonds. The van der Waals surface area contributed by atoms with E-state index >= 15 is 0 Å². The van der Waals surface area contributed by atoms with Crippen molar-refractivity contribution in [3.63, 3.8) is 0 Å². The fraction of sp³-hybridized carbons (Fsp3) is 0.0500. The van der Waals surface area contributed by atoms with E-state index in [1.54, 1.807) is 6.20 Å². The van der Waals surface area contributed by atoms with Crippen molar-refractivity contribution in [3.05, 3.63) is 72.8 Å². The van der Waals surface area contributed by atoms with E-state index < -0.39 is 0 Å². The van der Waals surface area contributed by atoms with Crippen LogP contribution in [-0.4, -0.2) is 14.5 Å². The number of hydrogen-bond acceptors (Lipinski definition) is 3. The Labute approximate surface area is 142 Å². The average Bonchev–Trinajstić information content (AvgIpc) is 3.29. The summed E-state index contributed by atoms with van der Waals surface area (Å²) in [7, 11) is 0. The van der Waals surface area contributed by atoms with Gasteiger partial charge in [0.25, 0.3) is 5.82 Å². The Bertz CT molecular complexity index is 1270. The van der Waals surface area contributed by atoms with Crippen LogP contribution in [0.5, 0.6) is 0 Å². The maximum Gasteiger partial charge on any atom is 0.344 e. The molecule has 6 rings (SSSR count). The fourth-order valence-electron chi connectivity index (χ4n) is 3.84. The van der Waals surface area contributed by atoms with Gasteiger partial charge in [-0.3, -0.25) is 9.97 Å². The number of pyridine rings is 2. The lowest BCUT2D eigenvalue weighted by Gasteiger charge is -2.00. The maximum absolute atomic E-state index is 6.21. The average molecular weight is 325 g/mol. The monoisotopic (exact) mass is 325 g/mol. The summed E-state index contributed by atoms with van der Waals surface area (Å²) in [6, 6.07) is 14.4. The van der Waals surface area contributed by atoms with Crippen LogP contribution in [0.2, 0.25) is 0 Å². The zero-order valence-corrected chi connectivity index (χ0v) is 13.3. The number of para-hydroxylation sites is 1. The van der Waals surface area contributed by atoms with Crippen LogP contribution in [0, 0.1) is 0 Å². The third-order valence-electron chi connectivity index (χ3n) is 4.88. The Kier molecular flexibility index (Phi) is 2.34. The molecular weight excluding hydrogens is 312 g/mol. The maximum atomic E-state index is 6.21. The molecule has 0 fully saturated rings. The second-order valence-electron chi connectivity index (χ2n) is 6.24. The summed E-state index contributed by atoms with van der Waals surface area (Å²) in [5.41, 5.74) is 6.28. The van der Waals surface area contributed by atoms with E-state index in [-0.39, 0.29) is 0 Å². The molecule has 4 aromatic heterocycles. The SMILES string of the molecule is c1ccc(-n2c3[n+](c4c5ccncc5oc42)Cc2cnccc2-3)cc1. The van der Waals surface area contributed by atoms with Crippen LogP contribution in [0.15, 0.2) is 71.7 Å². The first-order chi connectivity index (χ1) is 12.4. The summed E-state index contributed by atoms with van der Waals surface area (Å²) in [5.74, 6) is 1.14. The normalized spacial score (nSPS) is 12.6. The highest BCUT2D eigenvalue weighted by Crippen LogP contribution is 2.37. The van der Waals surface area contributed by atoms with Gasteiger partial charge < -0.3 is 4.42 Å². The van der Waals surface area contributed by atoms with Gasteiger partial charge in [-0.15, -0.1) is 0 Å². The molecule has 0 atom stereocenters. The minimum atomic E-state index is 0.797. The molecule has 118 valence electrons. The van der Waals surface area contributed by atoms with E-state index in [1.807, 2.05) is 42.9 Å². The van der Waals surface area contributed by atoms with Crippen LogP contribution >= 0.6 is 0 Å². The molecule has 5 aromatic rings. The lowest BCUT2D eigenvalue weighted by atomic mass is 10.1. The Morgan fingerprint density at radius 1 is 0.960 bits per heavy atom. The lowest BCUT2D eigenvalue weighted by Crippen LogP contribution is -2.31. The van der Waals surface area contributed by atoms with Gasteiger partial charge in [0, 0.05) is 24.2 Å². The van der Waals surface area contributed by atoms with Gasteiger partial charge in [-0.2, -0.15) is 4.57 Å². The number of furan rings is 1. The van der Waals surface area contributed by atoms with Gasteiger partial charge >= 0.3 is 5.71 Å². The predicted octanol–water partition coefficient (Wildman–Crippen LogP) is 3.48. The Morgan fingerprint density at radius 3 is 2.72 bits per heavy atom. The number of nitrogens with zero attached hydrogens (tertiary/aromatic N) is 4. The van der Waals surface area contributed by atoms with Crippen molar-refractivity contribution in [2.45, 2.75) is 6.54 Å². The molecule has 5 nitrogen and oxygen atoms in total. The van der Waals surface area contributed by atoms with Crippen LogP contribution in [0.3, 0.4) is 0 Å². The van der Waals surface area contributed by atoms with Crippen molar-refractivity contribution in [2.75, 3.05) is 0 Å². The van der Waals surface area contributed by atoms with E-state index in [1.165, 1.54) is 11.1 Å². The number of rotatable bonds is 1. The topological polar surface area (TPSA) is 47.7 Å². The second-order valence-corrected chi connectivity index (χ2v) is 6.24. The van der Waals surface area contributed by atoms with Gasteiger partial charge in [-0.25, -0.2) is 4.57 Å². The molecule has 0 bridgehead atoms. The molecule has 25 heavy (non-hydrogen) atoms. The third kappa shape index (κ3) is 1.59. The van der Waals surface area contributed by atoms with E-state index in [0.717, 1.165) is 40.3 Å². The molecule has 5 heterocycles. The highest BCUT2D eigenvalue weighted by atomic mass is 16.3. The predicted molar refractivity (Wildman–Crippen MR) is 93.4 cm³/mol. The summed E-state index contributed by atoms with van der Waals surface area (Å²) in [4.78, 5) is 8.50. The molecule has 0 saturated carbocycles. The van der Waals surface area contributed by atoms with Gasteiger partial charge in [-0.05, 0) is 24.3 Å². The molecule has 1 aliphatic rings. The number of benzene rings is 1. The number of fused-ring (bicyclic) bond motifs is 7. The molecular formula is C20H13N4O+. The summed E-state index contributed by atoms with van der Waals surface area (Å²) in [6.07, 6.45) is 7.39. The van der Waals surface area contributed by atoms with Gasteiger partial charge in [0.05, 0.1) is 17.1 Å². The molecule has 1 aromatic carbocycles. The largest absolute Gasteiger partial charge is 0.417 e. The van der Waals surface area contributed by atoms with Crippen LogP contribution in [0.25, 0.3) is 39.3 Å². The molecule has 0 spiro atoms. The van der Waals surface area contributed by atoms with Crippen LogP contribution < -0.4 is 4.57 Å². The Balaban J connectivity index is 1.83. The Morgan fingerprint density at radius 2 is 1.80 bits per heavy atom. The van der Waals surface area contributed by atoms with Gasteiger partial charge in [0.15, 0.2) is 5.58 Å². The summed E-state index contributed by atoms with van der Waals surface area (Å²) in [6.45, 7) is 0.797. The molecule has 5 heteroatoms. The van der Waals surface area contributed by atoms with Crippen LogP contribution in [-0.2, 0) is 6.54 Å². The highest BCUT2D eigenvalue weighted by Gasteiger charge is 2.38. The van der Waals surface area contributed by atoms with Crippen molar-refractivity contribution in [1.82, 2.24) is 14.5 Å². The van der Waals surface area contributed by atoms with Crippen molar-refractivity contribution in [3.8, 4) is 17.1 Å². The number of imidazole rings is 1. The van der Waals surface area contributed by atoms with Crippen molar-refractivity contribution < 1.29 is 8.98 Å². The van der Waals surface area contributed by atoms with Gasteiger partial charge in [0.1, 0.15) is 12.2 Å². The van der Waals surface area contributed by atoms with Crippen molar-refractivity contribution in [1.29, 1.82) is 0 Å². The third-order valence-corrected chi connectivity index (χ3v) is 4.88. The fourth-order valence-corrected chi connectivity index (χ4v) is 3.84. The van der Waals surface area contributed by atoms with E-state index in [0.29, 0.717) is 0 Å². The zero-order chi connectivity index (χ0) is 16.4. The minimum Gasteiger partial charge on any atom is -0.417 e. The molecule has 0 unspecified atom stereocenters. The molecule has 0 saturated heterocycles. The molecule has 1 aliphatic heterocycles. The van der Waals surface area contributed by atoms with Crippen molar-refractivity contribution in [2.24, 2.45) is 0 Å². The zero-order valence-electron chi connectivity index (χ0n) is 13.3. The second kappa shape index (κ2) is 4.54. The summed E-state index contributed by atoms with van der Waals surface area (Å²) < 4.78 is 10.7. The van der Waals surface area contributed by atoms with Crippen molar-refractivity contribution >= 4 is 22.2 Å². The van der Waals surface area contributed by atoms with Gasteiger partial charge in [0.2, 0.25) is 5.52 Å². The highest BCUT2D eigenvalue weighted by molar-refractivity contribution is 6.00. The first kappa shape index (κ1) is 12.9. The quantitative estimate of drug-likeness (QED) is 0.435. The molecule has 0 radical (unpaired) electrons. The van der Waals surface area contributed by atoms with E-state index in [4.69, 9.17) is 4.42 Å². The molecule has 0 aliphatic carbocycles. The van der Waals surface area contributed by atoms with E-state index in [2.05, 4.69) is 37.3 Å². The first-order valence-electron chi connectivity index (χ1n) is 8.21. The summed E-state index contributed by atoms with van der Waals surface area (Å²) in [5, 5.41) is 1.08. The summed E-state index contributed by atoms with van der Waals surface area (Å²) >= 11 is 0. The number of hydrogen-bond donors (Lipinski definition) is 0. The minimum absolute atomic E-state index is 0.797. The smallest absolute Gasteiger partial charge is 0.344 e. The van der Waals surface area contributed by atoms with E-state index in [9.17, 15) is 0 Å². The van der Waals surface area contributed by atoms with Crippen LogP contribution in [0.1, 0.15) is 5.56 Å².